The van der Waals surface area contributed by atoms with Crippen molar-refractivity contribution in [2.24, 2.45) is 0 Å². The molecule has 0 aliphatic carbocycles. The van der Waals surface area contributed by atoms with Crippen molar-refractivity contribution < 1.29 is 14.6 Å². The van der Waals surface area contributed by atoms with Crippen LogP contribution in [0.15, 0.2) is 64.5 Å². The van der Waals surface area contributed by atoms with E-state index in [4.69, 9.17) is 4.74 Å². The standard InChI is InChI=1S/C20H19N3O4S/c1-13-3-7-15(8-4-13)23-19(26)11-17(24)22-20(23)28-12-18(25)21-14-5-9-16(27-2)10-6-14/h3-11,24H,12H2,1-2H3,(H,21,25). The summed E-state index contributed by atoms with van der Waals surface area (Å²) < 4.78 is 6.45. The van der Waals surface area contributed by atoms with Crippen LogP contribution < -0.4 is 15.6 Å². The first-order valence-corrected chi connectivity index (χ1v) is 9.41. The molecule has 0 unspecified atom stereocenters. The predicted octanol–water partition coefficient (Wildman–Crippen LogP) is 2.99. The van der Waals surface area contributed by atoms with Gasteiger partial charge < -0.3 is 15.2 Å². The second-order valence-corrected chi connectivity index (χ2v) is 6.91. The van der Waals surface area contributed by atoms with E-state index >= 15 is 0 Å². The summed E-state index contributed by atoms with van der Waals surface area (Å²) in [5.74, 6) is 0.0708. The molecule has 0 aliphatic rings. The Morgan fingerprint density at radius 2 is 1.86 bits per heavy atom. The lowest BCUT2D eigenvalue weighted by Gasteiger charge is -2.12. The van der Waals surface area contributed by atoms with Crippen molar-refractivity contribution in [2.45, 2.75) is 12.1 Å². The normalized spacial score (nSPS) is 10.5. The van der Waals surface area contributed by atoms with Crippen LogP contribution in [0.5, 0.6) is 11.6 Å². The number of methoxy groups -OCH3 is 1. The number of benzene rings is 2. The van der Waals surface area contributed by atoms with E-state index in [9.17, 15) is 14.7 Å². The van der Waals surface area contributed by atoms with Crippen LogP contribution in [0.25, 0.3) is 5.69 Å². The van der Waals surface area contributed by atoms with Crippen molar-refractivity contribution in [3.8, 4) is 17.3 Å². The van der Waals surface area contributed by atoms with Crippen LogP contribution in [0.4, 0.5) is 5.69 Å². The molecule has 7 nitrogen and oxygen atoms in total. The highest BCUT2D eigenvalue weighted by Gasteiger charge is 2.13. The summed E-state index contributed by atoms with van der Waals surface area (Å²) in [4.78, 5) is 28.7. The molecule has 0 saturated heterocycles. The molecule has 1 aromatic heterocycles. The Morgan fingerprint density at radius 3 is 2.50 bits per heavy atom. The van der Waals surface area contributed by atoms with Gasteiger partial charge >= 0.3 is 0 Å². The number of aryl methyl sites for hydroxylation is 1. The highest BCUT2D eigenvalue weighted by Crippen LogP contribution is 2.21. The number of rotatable bonds is 6. The van der Waals surface area contributed by atoms with Gasteiger partial charge in [0.25, 0.3) is 5.56 Å². The molecule has 0 atom stereocenters. The third kappa shape index (κ3) is 4.72. The van der Waals surface area contributed by atoms with E-state index in [1.165, 1.54) is 4.57 Å². The molecule has 28 heavy (non-hydrogen) atoms. The molecule has 0 aliphatic heterocycles. The first-order valence-electron chi connectivity index (χ1n) is 8.43. The molecule has 0 radical (unpaired) electrons. The number of hydrogen-bond acceptors (Lipinski definition) is 6. The van der Waals surface area contributed by atoms with Crippen LogP contribution in [-0.2, 0) is 4.79 Å². The number of carbonyl (C=O) groups is 1. The number of nitrogens with zero attached hydrogens (tertiary/aromatic N) is 2. The topological polar surface area (TPSA) is 93.5 Å². The zero-order valence-corrected chi connectivity index (χ0v) is 16.2. The number of ether oxygens (including phenoxy) is 1. The predicted molar refractivity (Wildman–Crippen MR) is 109 cm³/mol. The lowest BCUT2D eigenvalue weighted by atomic mass is 10.2. The Balaban J connectivity index is 1.77. The molecule has 0 saturated carbocycles. The summed E-state index contributed by atoms with van der Waals surface area (Å²) in [5.41, 5.74) is 1.87. The third-order valence-corrected chi connectivity index (χ3v) is 4.81. The lowest BCUT2D eigenvalue weighted by Crippen LogP contribution is -2.21. The molecule has 0 spiro atoms. The zero-order chi connectivity index (χ0) is 20.1. The van der Waals surface area contributed by atoms with Gasteiger partial charge in [-0.15, -0.1) is 0 Å². The monoisotopic (exact) mass is 397 g/mol. The second kappa shape index (κ2) is 8.62. The Morgan fingerprint density at radius 1 is 1.18 bits per heavy atom. The van der Waals surface area contributed by atoms with Gasteiger partial charge in [0.2, 0.25) is 11.8 Å². The summed E-state index contributed by atoms with van der Waals surface area (Å²) >= 11 is 1.06. The van der Waals surface area contributed by atoms with E-state index in [1.54, 1.807) is 43.5 Å². The van der Waals surface area contributed by atoms with Gasteiger partial charge in [0, 0.05) is 5.69 Å². The Labute approximate surface area is 166 Å². The Bertz CT molecular complexity index is 1030. The minimum absolute atomic E-state index is 0.0216. The average molecular weight is 397 g/mol. The van der Waals surface area contributed by atoms with Gasteiger partial charge in [0.05, 0.1) is 24.6 Å². The van der Waals surface area contributed by atoms with Crippen LogP contribution >= 0.6 is 11.8 Å². The van der Waals surface area contributed by atoms with E-state index in [0.717, 1.165) is 23.4 Å². The molecule has 3 aromatic rings. The highest BCUT2D eigenvalue weighted by molar-refractivity contribution is 7.99. The van der Waals surface area contributed by atoms with E-state index in [2.05, 4.69) is 10.3 Å². The fraction of sp³-hybridized carbons (Fsp3) is 0.150. The van der Waals surface area contributed by atoms with Gasteiger partial charge in [0.1, 0.15) is 5.75 Å². The van der Waals surface area contributed by atoms with E-state index in [-0.39, 0.29) is 22.7 Å². The van der Waals surface area contributed by atoms with Crippen molar-refractivity contribution in [3.63, 3.8) is 0 Å². The minimum atomic E-state index is -0.422. The van der Waals surface area contributed by atoms with E-state index < -0.39 is 5.56 Å². The first-order chi connectivity index (χ1) is 13.5. The maximum atomic E-state index is 12.4. The summed E-state index contributed by atoms with van der Waals surface area (Å²) in [7, 11) is 1.57. The van der Waals surface area contributed by atoms with Crippen LogP contribution in [0.3, 0.4) is 0 Å². The molecule has 0 bridgehead atoms. The molecule has 1 heterocycles. The van der Waals surface area contributed by atoms with Crippen molar-refractivity contribution in [3.05, 3.63) is 70.5 Å². The summed E-state index contributed by atoms with van der Waals surface area (Å²) in [6, 6.07) is 15.3. The smallest absolute Gasteiger partial charge is 0.262 e. The Hall–Kier alpha value is -3.26. The maximum absolute atomic E-state index is 12.4. The number of anilines is 1. The van der Waals surface area contributed by atoms with Crippen LogP contribution in [-0.4, -0.2) is 33.4 Å². The van der Waals surface area contributed by atoms with Crippen molar-refractivity contribution in [2.75, 3.05) is 18.2 Å². The number of aromatic hydroxyl groups is 1. The second-order valence-electron chi connectivity index (χ2n) is 5.97. The molecule has 144 valence electrons. The molecule has 8 heteroatoms. The number of aromatic nitrogens is 2. The number of amides is 1. The SMILES string of the molecule is COc1ccc(NC(=O)CSc2nc(O)cc(=O)n2-c2ccc(C)cc2)cc1. The molecule has 3 rings (SSSR count). The van der Waals surface area contributed by atoms with Crippen molar-refractivity contribution in [1.82, 2.24) is 9.55 Å². The quantitative estimate of drug-likeness (QED) is 0.491. The van der Waals surface area contributed by atoms with Crippen LogP contribution in [0, 0.1) is 6.92 Å². The molecule has 0 fully saturated rings. The van der Waals surface area contributed by atoms with Crippen molar-refractivity contribution >= 4 is 23.4 Å². The van der Waals surface area contributed by atoms with Crippen LogP contribution in [0.1, 0.15) is 5.56 Å². The van der Waals surface area contributed by atoms with Crippen molar-refractivity contribution in [1.29, 1.82) is 0 Å². The number of carbonyl (C=O) groups excluding carboxylic acids is 1. The van der Waals surface area contributed by atoms with Crippen LogP contribution in [0.2, 0.25) is 0 Å². The van der Waals surface area contributed by atoms with Gasteiger partial charge in [-0.3, -0.25) is 14.2 Å². The van der Waals surface area contributed by atoms with E-state index in [1.807, 2.05) is 19.1 Å². The third-order valence-electron chi connectivity index (χ3n) is 3.87. The van der Waals surface area contributed by atoms with Gasteiger partial charge in [0.15, 0.2) is 5.16 Å². The summed E-state index contributed by atoms with van der Waals surface area (Å²) in [5, 5.41) is 12.7. The minimum Gasteiger partial charge on any atom is -0.497 e. The van der Waals surface area contributed by atoms with Gasteiger partial charge in [-0.25, -0.2) is 0 Å². The number of thioether (sulfide) groups is 1. The summed E-state index contributed by atoms with van der Waals surface area (Å²) in [6.45, 7) is 1.95. The average Bonchev–Trinajstić information content (AvgIpc) is 2.68. The van der Waals surface area contributed by atoms with Gasteiger partial charge in [-0.2, -0.15) is 4.98 Å². The summed E-state index contributed by atoms with van der Waals surface area (Å²) in [6.07, 6.45) is 0. The fourth-order valence-corrected chi connectivity index (χ4v) is 3.29. The Kier molecular flexibility index (Phi) is 6.00. The zero-order valence-electron chi connectivity index (χ0n) is 15.4. The lowest BCUT2D eigenvalue weighted by molar-refractivity contribution is -0.113. The number of nitrogens with one attached hydrogen (secondary N) is 1. The molecule has 2 N–H and O–H groups in total. The first kappa shape index (κ1) is 19.5. The van der Waals surface area contributed by atoms with Gasteiger partial charge in [-0.1, -0.05) is 29.5 Å². The fourth-order valence-electron chi connectivity index (χ4n) is 2.48. The highest BCUT2D eigenvalue weighted by atomic mass is 32.2. The van der Waals surface area contributed by atoms with Gasteiger partial charge in [-0.05, 0) is 43.3 Å². The maximum Gasteiger partial charge on any atom is 0.262 e. The van der Waals surface area contributed by atoms with E-state index in [0.29, 0.717) is 17.1 Å². The largest absolute Gasteiger partial charge is 0.497 e. The number of hydrogen-bond donors (Lipinski definition) is 2. The molecular weight excluding hydrogens is 378 g/mol. The molecular formula is C20H19N3O4S. The molecule has 2 aromatic carbocycles. The molecule has 1 amide bonds.